The molecule has 10 nitrogen and oxygen atoms in total. The normalized spacial score (nSPS) is 14.4. The average Bonchev–Trinajstić information content (AvgIpc) is 3.24. The average molecular weight is 565 g/mol. The number of benzene rings is 1. The van der Waals surface area contributed by atoms with Crippen LogP contribution in [0.4, 0.5) is 5.69 Å². The minimum atomic E-state index is -4.70. The fraction of sp³-hybridized carbons (Fsp3) is 0.250. The fourth-order valence-corrected chi connectivity index (χ4v) is 4.86. The molecule has 1 aliphatic heterocycles. The molecule has 1 aromatic carbocycles. The second-order valence-corrected chi connectivity index (χ2v) is 10.6. The van der Waals surface area contributed by atoms with Crippen molar-refractivity contribution in [1.29, 1.82) is 0 Å². The minimum Gasteiger partial charge on any atom is -0.378 e. The number of hydrogen-bond donors (Lipinski definition) is 2. The Hall–Kier alpha value is -2.69. The molecule has 0 amide bonds. The maximum absolute atomic E-state index is 13.0. The molecule has 0 unspecified atom stereocenters. The van der Waals surface area contributed by atoms with Crippen molar-refractivity contribution in [3.63, 3.8) is 0 Å². The van der Waals surface area contributed by atoms with Gasteiger partial charge in [0.25, 0.3) is 5.56 Å². The van der Waals surface area contributed by atoms with Gasteiger partial charge in [0.15, 0.2) is 0 Å². The first-order valence-electron chi connectivity index (χ1n) is 11.3. The molecule has 37 heavy (non-hydrogen) atoms. The summed E-state index contributed by atoms with van der Waals surface area (Å²) in [6, 6.07) is 10.5. The predicted octanol–water partition coefficient (Wildman–Crippen LogP) is 4.12. The first kappa shape index (κ1) is 25.9. The summed E-state index contributed by atoms with van der Waals surface area (Å²) in [5.41, 5.74) is 3.28. The van der Waals surface area contributed by atoms with Gasteiger partial charge in [0.05, 0.1) is 41.7 Å². The molecule has 1 saturated heterocycles. The number of aromatic nitrogens is 3. The highest BCUT2D eigenvalue weighted by atomic mass is 35.5. The molecule has 0 radical (unpaired) electrons. The van der Waals surface area contributed by atoms with Crippen LogP contribution in [-0.4, -0.2) is 50.2 Å². The van der Waals surface area contributed by atoms with E-state index in [-0.39, 0.29) is 5.56 Å². The summed E-state index contributed by atoms with van der Waals surface area (Å²) in [6.45, 7) is 2.57. The predicted molar refractivity (Wildman–Crippen MR) is 141 cm³/mol. The molecule has 1 fully saturated rings. The van der Waals surface area contributed by atoms with Gasteiger partial charge in [-0.1, -0.05) is 29.3 Å². The van der Waals surface area contributed by atoms with E-state index >= 15 is 0 Å². The lowest BCUT2D eigenvalue weighted by atomic mass is 10.1. The molecule has 2 N–H and O–H groups in total. The quantitative estimate of drug-likeness (QED) is 0.322. The zero-order valence-corrected chi connectivity index (χ0v) is 21.9. The monoisotopic (exact) mass is 564 g/mol. The summed E-state index contributed by atoms with van der Waals surface area (Å²) < 4.78 is 24.5. The Bertz CT molecular complexity index is 1560. The topological polar surface area (TPSA) is 119 Å². The van der Waals surface area contributed by atoms with Crippen LogP contribution in [0.15, 0.2) is 59.8 Å². The van der Waals surface area contributed by atoms with Crippen molar-refractivity contribution in [2.75, 3.05) is 31.2 Å². The van der Waals surface area contributed by atoms with E-state index in [2.05, 4.69) is 9.88 Å². The van der Waals surface area contributed by atoms with E-state index in [0.29, 0.717) is 46.6 Å². The van der Waals surface area contributed by atoms with E-state index in [1.807, 2.05) is 18.2 Å². The molecule has 1 aliphatic rings. The Morgan fingerprint density at radius 1 is 1.05 bits per heavy atom. The molecular formula is C24H23Cl2N4O6P. The Labute approximate surface area is 221 Å². The number of halogens is 2. The van der Waals surface area contributed by atoms with E-state index in [1.54, 1.807) is 35.3 Å². The fourth-order valence-electron chi connectivity index (χ4n) is 4.26. The number of nitrogens with zero attached hydrogens (tertiary/aromatic N) is 4. The number of hydrogen-bond acceptors (Lipinski definition) is 6. The Morgan fingerprint density at radius 2 is 1.84 bits per heavy atom. The molecule has 4 aromatic rings. The molecule has 0 aliphatic carbocycles. The van der Waals surface area contributed by atoms with Crippen molar-refractivity contribution in [3.05, 3.63) is 81.0 Å². The van der Waals surface area contributed by atoms with Crippen molar-refractivity contribution in [2.45, 2.75) is 13.3 Å². The summed E-state index contributed by atoms with van der Waals surface area (Å²) >= 11 is 12.1. The Balaban J connectivity index is 1.53. The number of morpholine rings is 1. The van der Waals surface area contributed by atoms with Gasteiger partial charge in [-0.2, -0.15) is 0 Å². The SMILES string of the molecule is O=c1cc(-c2cn(COP(=O)(O)O)c3ncc(N4CCOCC4)cc23)ccn1Cc1ccc(Cl)c(Cl)c1. The van der Waals surface area contributed by atoms with Crippen LogP contribution >= 0.6 is 31.0 Å². The van der Waals surface area contributed by atoms with Crippen molar-refractivity contribution in [2.24, 2.45) is 0 Å². The van der Waals surface area contributed by atoms with Crippen LogP contribution in [0.25, 0.3) is 22.2 Å². The van der Waals surface area contributed by atoms with Crippen LogP contribution in [0.1, 0.15) is 5.56 Å². The van der Waals surface area contributed by atoms with Crippen molar-refractivity contribution >= 4 is 47.7 Å². The lowest BCUT2D eigenvalue weighted by molar-refractivity contribution is 0.122. The second-order valence-electron chi connectivity index (χ2n) is 8.56. The number of phosphoric ester groups is 1. The molecule has 194 valence electrons. The summed E-state index contributed by atoms with van der Waals surface area (Å²) in [5.74, 6) is 0. The number of ether oxygens (including phenoxy) is 1. The van der Waals surface area contributed by atoms with E-state index in [0.717, 1.165) is 29.7 Å². The molecule has 4 heterocycles. The second kappa shape index (κ2) is 10.6. The highest BCUT2D eigenvalue weighted by molar-refractivity contribution is 7.46. The zero-order chi connectivity index (χ0) is 26.2. The largest absolute Gasteiger partial charge is 0.471 e. The number of rotatable bonds is 7. The zero-order valence-electron chi connectivity index (χ0n) is 19.5. The van der Waals surface area contributed by atoms with E-state index in [9.17, 15) is 19.1 Å². The summed E-state index contributed by atoms with van der Waals surface area (Å²) in [4.78, 5) is 38.1. The molecule has 3 aromatic heterocycles. The highest BCUT2D eigenvalue weighted by Crippen LogP contribution is 2.38. The third kappa shape index (κ3) is 5.91. The lowest BCUT2D eigenvalue weighted by Gasteiger charge is -2.28. The van der Waals surface area contributed by atoms with Crippen LogP contribution in [0, 0.1) is 0 Å². The van der Waals surface area contributed by atoms with Crippen molar-refractivity contribution in [1.82, 2.24) is 14.1 Å². The van der Waals surface area contributed by atoms with E-state index in [1.165, 1.54) is 10.6 Å². The maximum atomic E-state index is 13.0. The highest BCUT2D eigenvalue weighted by Gasteiger charge is 2.20. The standard InChI is InChI=1S/C24H23Cl2N4O6P/c25-21-2-1-16(9-22(21)26)13-29-4-3-17(10-23(29)31)20-14-30(15-36-37(32,33)34)24-19(20)11-18(12-27-24)28-5-7-35-8-6-28/h1-4,9-12,14H,5-8,13,15H2,(H2,32,33,34). The van der Waals surface area contributed by atoms with E-state index < -0.39 is 14.6 Å². The van der Waals surface area contributed by atoms with Gasteiger partial charge >= 0.3 is 7.82 Å². The third-order valence-corrected chi connectivity index (χ3v) is 7.28. The van der Waals surface area contributed by atoms with Gasteiger partial charge in [0, 0.05) is 42.5 Å². The maximum Gasteiger partial charge on any atom is 0.471 e. The van der Waals surface area contributed by atoms with Crippen molar-refractivity contribution < 1.29 is 23.6 Å². The lowest BCUT2D eigenvalue weighted by Crippen LogP contribution is -2.36. The number of fused-ring (bicyclic) bond motifs is 1. The number of pyridine rings is 2. The third-order valence-electron chi connectivity index (χ3n) is 6.08. The molecule has 0 saturated carbocycles. The summed E-state index contributed by atoms with van der Waals surface area (Å²) in [7, 11) is -4.70. The van der Waals surface area contributed by atoms with Crippen LogP contribution < -0.4 is 10.5 Å². The molecule has 0 atom stereocenters. The minimum absolute atomic E-state index is 0.228. The Kier molecular flexibility index (Phi) is 7.42. The Morgan fingerprint density at radius 3 is 2.54 bits per heavy atom. The molecule has 5 rings (SSSR count). The van der Waals surface area contributed by atoms with Gasteiger partial charge in [0.1, 0.15) is 12.4 Å². The van der Waals surface area contributed by atoms with E-state index in [4.69, 9.17) is 32.5 Å². The first-order valence-corrected chi connectivity index (χ1v) is 13.6. The number of anilines is 1. The van der Waals surface area contributed by atoms with Crippen LogP contribution in [-0.2, 0) is 27.1 Å². The molecule has 13 heteroatoms. The van der Waals surface area contributed by atoms with Gasteiger partial charge < -0.3 is 28.6 Å². The van der Waals surface area contributed by atoms with Gasteiger partial charge in [-0.15, -0.1) is 0 Å². The summed E-state index contributed by atoms with van der Waals surface area (Å²) in [6.07, 6.45) is 5.07. The van der Waals surface area contributed by atoms with Gasteiger partial charge in [0.2, 0.25) is 0 Å². The molecular weight excluding hydrogens is 542 g/mol. The van der Waals surface area contributed by atoms with Gasteiger partial charge in [-0.3, -0.25) is 9.32 Å². The molecule has 0 bridgehead atoms. The van der Waals surface area contributed by atoms with Crippen LogP contribution in [0.5, 0.6) is 0 Å². The molecule has 0 spiro atoms. The number of phosphoric acid groups is 1. The van der Waals surface area contributed by atoms with Gasteiger partial charge in [-0.25, -0.2) is 9.55 Å². The van der Waals surface area contributed by atoms with Crippen molar-refractivity contribution in [3.8, 4) is 11.1 Å². The smallest absolute Gasteiger partial charge is 0.378 e. The first-order chi connectivity index (χ1) is 17.7. The van der Waals surface area contributed by atoms with Gasteiger partial charge in [-0.05, 0) is 35.4 Å². The summed E-state index contributed by atoms with van der Waals surface area (Å²) in [5, 5.41) is 1.58. The van der Waals surface area contributed by atoms with Crippen LogP contribution in [0.2, 0.25) is 10.0 Å². The van der Waals surface area contributed by atoms with Crippen LogP contribution in [0.3, 0.4) is 0 Å².